The Hall–Kier alpha value is -3.33. The minimum Gasteiger partial charge on any atom is -0.481 e. The number of ether oxygens (including phenoxy) is 1. The summed E-state index contributed by atoms with van der Waals surface area (Å²) in [6.45, 7) is 6.35. The summed E-state index contributed by atoms with van der Waals surface area (Å²) in [5.74, 6) is 0.722. The first kappa shape index (κ1) is 18.1. The molecular weight excluding hydrogens is 348 g/mol. The number of rotatable bonds is 4. The molecule has 0 N–H and O–H groups in total. The smallest absolute Gasteiger partial charge is 0.235 e. The van der Waals surface area contributed by atoms with Crippen LogP contribution in [0, 0.1) is 20.8 Å². The molecule has 3 aromatic carbocycles. The molecule has 0 aliphatic heterocycles. The molecule has 0 radical (unpaired) electrons. The van der Waals surface area contributed by atoms with Gasteiger partial charge < -0.3 is 9.15 Å². The molecule has 0 saturated heterocycles. The van der Waals surface area contributed by atoms with Gasteiger partial charge in [0.1, 0.15) is 12.2 Å². The molecule has 28 heavy (non-hydrogen) atoms. The molecule has 1 aromatic heterocycles. The van der Waals surface area contributed by atoms with Crippen LogP contribution in [0.2, 0.25) is 0 Å². The number of hydrogen-bond donors (Lipinski definition) is 0. The Balaban J connectivity index is 1.89. The molecule has 140 valence electrons. The Bertz CT molecular complexity index is 1200. The molecule has 3 nitrogen and oxygen atoms in total. The minimum atomic E-state index is -0.142. The first-order valence-corrected chi connectivity index (χ1v) is 9.35. The van der Waals surface area contributed by atoms with E-state index in [2.05, 4.69) is 0 Å². The average molecular weight is 370 g/mol. The third-order valence-electron chi connectivity index (χ3n) is 5.13. The van der Waals surface area contributed by atoms with Crippen molar-refractivity contribution in [1.82, 2.24) is 0 Å². The van der Waals surface area contributed by atoms with Crippen LogP contribution in [-0.4, -0.2) is 0 Å². The van der Waals surface area contributed by atoms with Crippen molar-refractivity contribution in [1.29, 1.82) is 0 Å². The zero-order chi connectivity index (χ0) is 19.7. The number of benzene rings is 3. The fourth-order valence-corrected chi connectivity index (χ4v) is 3.27. The second-order valence-corrected chi connectivity index (χ2v) is 7.10. The molecule has 0 unspecified atom stereocenters. The summed E-state index contributed by atoms with van der Waals surface area (Å²) in [4.78, 5) is 13.3. The monoisotopic (exact) mass is 370 g/mol. The van der Waals surface area contributed by atoms with Crippen LogP contribution in [0.15, 0.2) is 75.9 Å². The summed E-state index contributed by atoms with van der Waals surface area (Å²) in [6.07, 6.45) is 0. The Morgan fingerprint density at radius 2 is 1.50 bits per heavy atom. The highest BCUT2D eigenvalue weighted by Gasteiger charge is 2.18. The highest BCUT2D eigenvalue weighted by molar-refractivity contribution is 5.83. The normalized spacial score (nSPS) is 11.0. The number of aryl methyl sites for hydroxylation is 3. The lowest BCUT2D eigenvalue weighted by Gasteiger charge is -2.13. The molecule has 3 heteroatoms. The molecule has 4 aromatic rings. The molecule has 0 amide bonds. The van der Waals surface area contributed by atoms with Gasteiger partial charge in [0, 0.05) is 5.56 Å². The molecule has 0 fully saturated rings. The van der Waals surface area contributed by atoms with E-state index in [-0.39, 0.29) is 11.2 Å². The second kappa shape index (κ2) is 7.35. The third-order valence-corrected chi connectivity index (χ3v) is 5.13. The first-order valence-electron chi connectivity index (χ1n) is 9.35. The molecule has 0 atom stereocenters. The summed E-state index contributed by atoms with van der Waals surface area (Å²) >= 11 is 0. The fraction of sp³-hybridized carbons (Fsp3) is 0.160. The zero-order valence-corrected chi connectivity index (χ0v) is 16.3. The fourth-order valence-electron chi connectivity index (χ4n) is 3.27. The Labute approximate surface area is 164 Å². The van der Waals surface area contributed by atoms with Gasteiger partial charge in [-0.3, -0.25) is 4.79 Å². The van der Waals surface area contributed by atoms with E-state index < -0.39 is 0 Å². The van der Waals surface area contributed by atoms with E-state index in [1.54, 1.807) is 0 Å². The molecule has 0 bridgehead atoms. The minimum absolute atomic E-state index is 0.142. The molecule has 0 saturated carbocycles. The molecule has 0 aliphatic rings. The van der Waals surface area contributed by atoms with Gasteiger partial charge in [0.05, 0.1) is 5.39 Å². The standard InChI is InChI=1S/C25H22O3/c1-16-9-7-8-12-20(16)15-27-25-23(26)21-13-17(2)18(3)14-22(21)28-24(25)19-10-5-4-6-11-19/h4-14H,15H2,1-3H3. The lowest BCUT2D eigenvalue weighted by atomic mass is 10.0. The van der Waals surface area contributed by atoms with Crippen LogP contribution in [0.3, 0.4) is 0 Å². The number of hydrogen-bond acceptors (Lipinski definition) is 3. The maximum atomic E-state index is 13.3. The summed E-state index contributed by atoms with van der Waals surface area (Å²) < 4.78 is 12.3. The van der Waals surface area contributed by atoms with Crippen LogP contribution in [0.5, 0.6) is 5.75 Å². The van der Waals surface area contributed by atoms with Gasteiger partial charge in [-0.05, 0) is 55.2 Å². The topological polar surface area (TPSA) is 39.4 Å². The van der Waals surface area contributed by atoms with Gasteiger partial charge >= 0.3 is 0 Å². The van der Waals surface area contributed by atoms with E-state index in [0.29, 0.717) is 23.3 Å². The van der Waals surface area contributed by atoms with E-state index in [4.69, 9.17) is 9.15 Å². The molecular formula is C25H22O3. The van der Waals surface area contributed by atoms with Crippen LogP contribution in [0.25, 0.3) is 22.3 Å². The van der Waals surface area contributed by atoms with Crippen molar-refractivity contribution in [3.05, 3.63) is 99.2 Å². The molecule has 0 spiro atoms. The van der Waals surface area contributed by atoms with Crippen molar-refractivity contribution in [2.75, 3.05) is 0 Å². The van der Waals surface area contributed by atoms with Crippen LogP contribution in [-0.2, 0) is 6.61 Å². The molecule has 1 heterocycles. The second-order valence-electron chi connectivity index (χ2n) is 7.10. The van der Waals surface area contributed by atoms with Gasteiger partial charge in [-0.1, -0.05) is 54.6 Å². The number of fused-ring (bicyclic) bond motifs is 1. The Kier molecular flexibility index (Phi) is 4.74. The van der Waals surface area contributed by atoms with Crippen LogP contribution in [0.1, 0.15) is 22.3 Å². The van der Waals surface area contributed by atoms with Gasteiger partial charge in [-0.2, -0.15) is 0 Å². The quantitative estimate of drug-likeness (QED) is 0.445. The van der Waals surface area contributed by atoms with Crippen molar-refractivity contribution in [2.24, 2.45) is 0 Å². The zero-order valence-electron chi connectivity index (χ0n) is 16.3. The van der Waals surface area contributed by atoms with E-state index >= 15 is 0 Å². The average Bonchev–Trinajstić information content (AvgIpc) is 2.70. The third kappa shape index (κ3) is 3.31. The summed E-state index contributed by atoms with van der Waals surface area (Å²) in [5, 5.41) is 0.544. The van der Waals surface area contributed by atoms with Crippen molar-refractivity contribution in [3.8, 4) is 17.1 Å². The summed E-state index contributed by atoms with van der Waals surface area (Å²) in [6, 6.07) is 21.4. The Morgan fingerprint density at radius 1 is 0.821 bits per heavy atom. The largest absolute Gasteiger partial charge is 0.481 e. The van der Waals surface area contributed by atoms with Crippen molar-refractivity contribution < 1.29 is 9.15 Å². The van der Waals surface area contributed by atoms with E-state index in [1.807, 2.05) is 87.5 Å². The summed E-state index contributed by atoms with van der Waals surface area (Å²) in [5.41, 5.74) is 5.56. The highest BCUT2D eigenvalue weighted by Crippen LogP contribution is 2.32. The van der Waals surface area contributed by atoms with Crippen LogP contribution >= 0.6 is 0 Å². The Morgan fingerprint density at radius 3 is 2.25 bits per heavy atom. The van der Waals surface area contributed by atoms with Crippen LogP contribution < -0.4 is 10.2 Å². The van der Waals surface area contributed by atoms with Crippen molar-refractivity contribution in [3.63, 3.8) is 0 Å². The lowest BCUT2D eigenvalue weighted by molar-refractivity contribution is 0.297. The SMILES string of the molecule is Cc1cc2oc(-c3ccccc3)c(OCc3ccccc3C)c(=O)c2cc1C. The summed E-state index contributed by atoms with van der Waals surface area (Å²) in [7, 11) is 0. The van der Waals surface area contributed by atoms with Gasteiger partial charge in [0.15, 0.2) is 5.76 Å². The van der Waals surface area contributed by atoms with Gasteiger partial charge in [0.2, 0.25) is 11.2 Å². The van der Waals surface area contributed by atoms with Crippen molar-refractivity contribution in [2.45, 2.75) is 27.4 Å². The highest BCUT2D eigenvalue weighted by atomic mass is 16.5. The maximum absolute atomic E-state index is 13.3. The van der Waals surface area contributed by atoms with Gasteiger partial charge in [-0.15, -0.1) is 0 Å². The molecule has 0 aliphatic carbocycles. The first-order chi connectivity index (χ1) is 13.5. The van der Waals surface area contributed by atoms with E-state index in [0.717, 1.165) is 27.8 Å². The molecule has 4 rings (SSSR count). The van der Waals surface area contributed by atoms with Gasteiger partial charge in [0.25, 0.3) is 0 Å². The van der Waals surface area contributed by atoms with E-state index in [1.165, 1.54) is 0 Å². The van der Waals surface area contributed by atoms with Gasteiger partial charge in [-0.25, -0.2) is 0 Å². The predicted octanol–water partition coefficient (Wildman–Crippen LogP) is 5.96. The van der Waals surface area contributed by atoms with E-state index in [9.17, 15) is 4.79 Å². The van der Waals surface area contributed by atoms with Crippen LogP contribution in [0.4, 0.5) is 0 Å². The van der Waals surface area contributed by atoms with Crippen molar-refractivity contribution >= 4 is 11.0 Å². The lowest BCUT2D eigenvalue weighted by Crippen LogP contribution is -2.11. The maximum Gasteiger partial charge on any atom is 0.235 e. The predicted molar refractivity (Wildman–Crippen MR) is 113 cm³/mol.